The first-order chi connectivity index (χ1) is 12.2. The summed E-state index contributed by atoms with van der Waals surface area (Å²) in [6.07, 6.45) is 5.02. The lowest BCUT2D eigenvalue weighted by Crippen LogP contribution is -2.38. The average molecular weight is 357 g/mol. The number of hydrogen-bond acceptors (Lipinski definition) is 5. The zero-order valence-corrected chi connectivity index (χ0v) is 14.2. The van der Waals surface area contributed by atoms with Crippen LogP contribution in [-0.2, 0) is 4.79 Å². The molecule has 128 valence electrons. The Morgan fingerprint density at radius 2 is 2.00 bits per heavy atom. The van der Waals surface area contributed by atoms with E-state index in [4.69, 9.17) is 11.6 Å². The van der Waals surface area contributed by atoms with Gasteiger partial charge in [0.1, 0.15) is 5.82 Å². The van der Waals surface area contributed by atoms with Crippen molar-refractivity contribution in [3.63, 3.8) is 0 Å². The third kappa shape index (κ3) is 3.28. The Hall–Kier alpha value is -2.67. The number of piperidine rings is 1. The van der Waals surface area contributed by atoms with Gasteiger partial charge in [0.25, 0.3) is 0 Å². The Kier molecular flexibility index (Phi) is 4.23. The number of pyridine rings is 2. The molecule has 7 nitrogen and oxygen atoms in total. The minimum atomic E-state index is -0.0420. The molecule has 0 bridgehead atoms. The highest BCUT2D eigenvalue weighted by Gasteiger charge is 2.26. The van der Waals surface area contributed by atoms with Crippen molar-refractivity contribution in [3.8, 4) is 0 Å². The largest absolute Gasteiger partial charge is 0.357 e. The first-order valence-corrected chi connectivity index (χ1v) is 8.55. The van der Waals surface area contributed by atoms with Gasteiger partial charge in [-0.1, -0.05) is 17.7 Å². The number of nitrogens with one attached hydrogen (secondary N) is 1. The zero-order valence-electron chi connectivity index (χ0n) is 13.5. The number of carbonyl (C=O) groups is 1. The van der Waals surface area contributed by atoms with Crippen LogP contribution in [0.5, 0.6) is 0 Å². The molecule has 1 aliphatic heterocycles. The monoisotopic (exact) mass is 356 g/mol. The third-order valence-electron chi connectivity index (χ3n) is 4.45. The lowest BCUT2D eigenvalue weighted by atomic mass is 9.96. The number of aromatic nitrogens is 4. The number of nitrogens with zero attached hydrogens (tertiary/aromatic N) is 5. The van der Waals surface area contributed by atoms with E-state index >= 15 is 0 Å². The summed E-state index contributed by atoms with van der Waals surface area (Å²) in [7, 11) is 0. The van der Waals surface area contributed by atoms with Crippen molar-refractivity contribution >= 4 is 34.9 Å². The van der Waals surface area contributed by atoms with Gasteiger partial charge >= 0.3 is 0 Å². The molecule has 0 atom stereocenters. The fraction of sp³-hybridized carbons (Fsp3) is 0.294. The number of hydrogen-bond donors (Lipinski definition) is 1. The van der Waals surface area contributed by atoms with Gasteiger partial charge in [0.05, 0.1) is 5.02 Å². The van der Waals surface area contributed by atoms with Crippen LogP contribution >= 0.6 is 11.6 Å². The van der Waals surface area contributed by atoms with Crippen molar-refractivity contribution in [1.29, 1.82) is 0 Å². The molecular weight excluding hydrogens is 340 g/mol. The molecule has 0 aromatic carbocycles. The van der Waals surface area contributed by atoms with Crippen molar-refractivity contribution in [3.05, 3.63) is 47.7 Å². The van der Waals surface area contributed by atoms with E-state index in [9.17, 15) is 4.79 Å². The van der Waals surface area contributed by atoms with Crippen LogP contribution in [0.2, 0.25) is 5.02 Å². The zero-order chi connectivity index (χ0) is 17.2. The minimum absolute atomic E-state index is 0.0122. The number of carbonyl (C=O) groups excluding carboxylic acids is 1. The van der Waals surface area contributed by atoms with Gasteiger partial charge in [-0.25, -0.2) is 4.98 Å². The summed E-state index contributed by atoms with van der Waals surface area (Å²) < 4.78 is 1.77. The number of halogens is 1. The Bertz CT molecular complexity index is 886. The molecule has 1 amide bonds. The summed E-state index contributed by atoms with van der Waals surface area (Å²) in [4.78, 5) is 19.1. The molecule has 0 aliphatic carbocycles. The van der Waals surface area contributed by atoms with E-state index < -0.39 is 0 Å². The second kappa shape index (κ2) is 6.68. The maximum atomic E-state index is 12.6. The van der Waals surface area contributed by atoms with Gasteiger partial charge in [-0.3, -0.25) is 14.5 Å². The normalized spacial score (nSPS) is 15.5. The molecule has 1 saturated heterocycles. The Labute approximate surface area is 149 Å². The minimum Gasteiger partial charge on any atom is -0.357 e. The highest BCUT2D eigenvalue weighted by atomic mass is 35.5. The fourth-order valence-electron chi connectivity index (χ4n) is 3.06. The molecule has 3 aromatic rings. The Balaban J connectivity index is 1.39. The van der Waals surface area contributed by atoms with Gasteiger partial charge in [0.2, 0.25) is 11.9 Å². The van der Waals surface area contributed by atoms with Gasteiger partial charge in [-0.15, -0.1) is 10.2 Å². The molecule has 4 heterocycles. The molecule has 1 fully saturated rings. The van der Waals surface area contributed by atoms with Gasteiger partial charge in [-0.05, 0) is 37.1 Å². The summed E-state index contributed by atoms with van der Waals surface area (Å²) in [6, 6.07) is 9.35. The van der Waals surface area contributed by atoms with E-state index in [0.717, 1.165) is 31.7 Å². The van der Waals surface area contributed by atoms with E-state index in [2.05, 4.69) is 25.4 Å². The quantitative estimate of drug-likeness (QED) is 0.780. The number of amides is 1. The van der Waals surface area contributed by atoms with E-state index in [0.29, 0.717) is 16.6 Å². The van der Waals surface area contributed by atoms with Gasteiger partial charge in [0.15, 0.2) is 5.65 Å². The first-order valence-electron chi connectivity index (χ1n) is 8.18. The highest BCUT2D eigenvalue weighted by Crippen LogP contribution is 2.23. The summed E-state index contributed by atoms with van der Waals surface area (Å²) in [6.45, 7) is 1.57. The second-order valence-electron chi connectivity index (χ2n) is 6.04. The van der Waals surface area contributed by atoms with Crippen LogP contribution < -0.4 is 10.2 Å². The standard InChI is InChI=1S/C17H17ClN6O/c18-13-4-5-14(19-11-13)23-9-6-12(7-10-23)16(25)20-17-22-21-15-3-1-2-8-24(15)17/h1-5,8,11-12H,6-7,9-10H2,(H,20,22,25). The van der Waals surface area contributed by atoms with Crippen LogP contribution in [0, 0.1) is 5.92 Å². The maximum Gasteiger partial charge on any atom is 0.235 e. The summed E-state index contributed by atoms with van der Waals surface area (Å²) in [5.41, 5.74) is 0.710. The number of fused-ring (bicyclic) bond motifs is 1. The summed E-state index contributed by atoms with van der Waals surface area (Å²) in [5, 5.41) is 11.6. The third-order valence-corrected chi connectivity index (χ3v) is 4.67. The highest BCUT2D eigenvalue weighted by molar-refractivity contribution is 6.30. The second-order valence-corrected chi connectivity index (χ2v) is 6.47. The first kappa shape index (κ1) is 15.8. The summed E-state index contributed by atoms with van der Waals surface area (Å²) in [5.74, 6) is 1.30. The van der Waals surface area contributed by atoms with Gasteiger partial charge in [0, 0.05) is 31.4 Å². The van der Waals surface area contributed by atoms with Gasteiger partial charge < -0.3 is 4.90 Å². The number of rotatable bonds is 3. The van der Waals surface area contributed by atoms with E-state index in [-0.39, 0.29) is 11.8 Å². The average Bonchev–Trinajstić information content (AvgIpc) is 3.06. The SMILES string of the molecule is O=C(Nc1nnc2ccccn12)C1CCN(c2ccc(Cl)cn2)CC1. The smallest absolute Gasteiger partial charge is 0.235 e. The van der Waals surface area contributed by atoms with Crippen LogP contribution in [0.1, 0.15) is 12.8 Å². The molecule has 0 unspecified atom stereocenters. The molecule has 0 radical (unpaired) electrons. The molecule has 3 aromatic heterocycles. The maximum absolute atomic E-state index is 12.6. The van der Waals surface area contributed by atoms with Crippen LogP contribution in [-0.4, -0.2) is 38.6 Å². The molecule has 0 saturated carbocycles. The van der Waals surface area contributed by atoms with Crippen molar-refractivity contribution in [2.24, 2.45) is 5.92 Å². The van der Waals surface area contributed by atoms with Crippen molar-refractivity contribution in [2.75, 3.05) is 23.3 Å². The summed E-state index contributed by atoms with van der Waals surface area (Å²) >= 11 is 5.88. The predicted octanol–water partition coefficient (Wildman–Crippen LogP) is 2.63. The van der Waals surface area contributed by atoms with Crippen molar-refractivity contribution < 1.29 is 4.79 Å². The van der Waals surface area contributed by atoms with E-state index in [1.54, 1.807) is 10.6 Å². The van der Waals surface area contributed by atoms with E-state index in [1.807, 2.05) is 36.5 Å². The van der Waals surface area contributed by atoms with Crippen LogP contribution in [0.25, 0.3) is 5.65 Å². The van der Waals surface area contributed by atoms with Crippen LogP contribution in [0.4, 0.5) is 11.8 Å². The lowest BCUT2D eigenvalue weighted by molar-refractivity contribution is -0.120. The molecule has 1 N–H and O–H groups in total. The molecule has 0 spiro atoms. The molecule has 25 heavy (non-hydrogen) atoms. The molecule has 4 rings (SSSR count). The van der Waals surface area contributed by atoms with Crippen molar-refractivity contribution in [2.45, 2.75) is 12.8 Å². The Morgan fingerprint density at radius 3 is 2.76 bits per heavy atom. The van der Waals surface area contributed by atoms with Crippen LogP contribution in [0.15, 0.2) is 42.7 Å². The fourth-order valence-corrected chi connectivity index (χ4v) is 3.18. The molecular formula is C17H17ClN6O. The topological polar surface area (TPSA) is 75.4 Å². The lowest BCUT2D eigenvalue weighted by Gasteiger charge is -2.32. The molecule has 8 heteroatoms. The van der Waals surface area contributed by atoms with E-state index in [1.165, 1.54) is 0 Å². The Morgan fingerprint density at radius 1 is 1.16 bits per heavy atom. The van der Waals surface area contributed by atoms with Crippen molar-refractivity contribution in [1.82, 2.24) is 19.6 Å². The molecule has 1 aliphatic rings. The van der Waals surface area contributed by atoms with Crippen LogP contribution in [0.3, 0.4) is 0 Å². The van der Waals surface area contributed by atoms with Gasteiger partial charge in [-0.2, -0.15) is 0 Å². The predicted molar refractivity (Wildman–Crippen MR) is 95.8 cm³/mol. The number of anilines is 2.